The van der Waals surface area contributed by atoms with E-state index in [9.17, 15) is 4.39 Å². The van der Waals surface area contributed by atoms with E-state index in [4.69, 9.17) is 4.74 Å². The molecule has 3 heteroatoms. The van der Waals surface area contributed by atoms with Crippen molar-refractivity contribution in [3.8, 4) is 0 Å². The second kappa shape index (κ2) is 4.09. The van der Waals surface area contributed by atoms with Gasteiger partial charge >= 0.3 is 0 Å². The monoisotopic (exact) mass is 247 g/mol. The van der Waals surface area contributed by atoms with Gasteiger partial charge in [-0.1, -0.05) is 0 Å². The van der Waals surface area contributed by atoms with Gasteiger partial charge in [0.1, 0.15) is 5.82 Å². The molecule has 1 aromatic carbocycles. The normalized spacial score (nSPS) is 22.7. The fourth-order valence-corrected chi connectivity index (χ4v) is 2.76. The minimum atomic E-state index is -0.182. The Kier molecular flexibility index (Phi) is 2.67. The van der Waals surface area contributed by atoms with Crippen LogP contribution in [0.5, 0.6) is 0 Å². The molecule has 96 valence electrons. The molecule has 0 saturated carbocycles. The fourth-order valence-electron chi connectivity index (χ4n) is 2.76. The van der Waals surface area contributed by atoms with Crippen LogP contribution in [0.3, 0.4) is 0 Å². The van der Waals surface area contributed by atoms with Gasteiger partial charge in [0.25, 0.3) is 0 Å². The first-order chi connectivity index (χ1) is 8.53. The Labute approximate surface area is 106 Å². The summed E-state index contributed by atoms with van der Waals surface area (Å²) in [5.74, 6) is -0.182. The summed E-state index contributed by atoms with van der Waals surface area (Å²) in [5, 5.41) is 0.951. The summed E-state index contributed by atoms with van der Waals surface area (Å²) >= 11 is 0. The number of benzene rings is 1. The van der Waals surface area contributed by atoms with Crippen molar-refractivity contribution >= 4 is 10.9 Å². The van der Waals surface area contributed by atoms with Crippen LogP contribution in [0.4, 0.5) is 4.39 Å². The molecule has 2 aromatic rings. The summed E-state index contributed by atoms with van der Waals surface area (Å²) in [7, 11) is 0. The van der Waals surface area contributed by atoms with Gasteiger partial charge in [0.05, 0.1) is 11.7 Å². The van der Waals surface area contributed by atoms with E-state index in [1.54, 1.807) is 6.07 Å². The molecule has 1 saturated heterocycles. The third-order valence-corrected chi connectivity index (χ3v) is 3.69. The van der Waals surface area contributed by atoms with Crippen LogP contribution >= 0.6 is 0 Å². The van der Waals surface area contributed by atoms with Crippen LogP contribution in [0.2, 0.25) is 0 Å². The van der Waals surface area contributed by atoms with Crippen LogP contribution in [0, 0.1) is 5.82 Å². The lowest BCUT2D eigenvalue weighted by Crippen LogP contribution is -2.22. The highest BCUT2D eigenvalue weighted by atomic mass is 19.1. The topological polar surface area (TPSA) is 14.2 Å². The number of ether oxygens (including phenoxy) is 1. The van der Waals surface area contributed by atoms with Gasteiger partial charge in [-0.15, -0.1) is 0 Å². The first-order valence-electron chi connectivity index (χ1n) is 6.46. The average Bonchev–Trinajstić information content (AvgIpc) is 2.83. The van der Waals surface area contributed by atoms with Crippen LogP contribution in [0.15, 0.2) is 30.5 Å². The molecule has 1 aliphatic heterocycles. The molecule has 1 unspecified atom stereocenters. The van der Waals surface area contributed by atoms with Gasteiger partial charge in [0.15, 0.2) is 0 Å². The van der Waals surface area contributed by atoms with Gasteiger partial charge in [-0.25, -0.2) is 4.39 Å². The van der Waals surface area contributed by atoms with E-state index in [0.29, 0.717) is 0 Å². The van der Waals surface area contributed by atoms with Gasteiger partial charge in [0, 0.05) is 23.6 Å². The molecule has 1 aromatic heterocycles. The zero-order valence-electron chi connectivity index (χ0n) is 10.8. The lowest BCUT2D eigenvalue weighted by Gasteiger charge is -2.19. The summed E-state index contributed by atoms with van der Waals surface area (Å²) in [5.41, 5.74) is 1.07. The molecule has 1 fully saturated rings. The molecule has 0 amide bonds. The van der Waals surface area contributed by atoms with E-state index in [1.165, 1.54) is 6.07 Å². The zero-order valence-corrected chi connectivity index (χ0v) is 10.8. The van der Waals surface area contributed by atoms with Crippen molar-refractivity contribution in [2.24, 2.45) is 0 Å². The number of hydrogen-bond acceptors (Lipinski definition) is 1. The van der Waals surface area contributed by atoms with E-state index in [0.717, 1.165) is 30.3 Å². The fraction of sp³-hybridized carbons (Fsp3) is 0.467. The van der Waals surface area contributed by atoms with Crippen LogP contribution in [0.1, 0.15) is 26.7 Å². The Balaban J connectivity index is 1.83. The minimum absolute atomic E-state index is 0.000267. The third-order valence-electron chi connectivity index (χ3n) is 3.69. The summed E-state index contributed by atoms with van der Waals surface area (Å²) in [6.45, 7) is 5.12. The van der Waals surface area contributed by atoms with Crippen molar-refractivity contribution in [2.75, 3.05) is 0 Å². The van der Waals surface area contributed by atoms with Crippen molar-refractivity contribution < 1.29 is 9.13 Å². The minimum Gasteiger partial charge on any atom is -0.370 e. The predicted molar refractivity (Wildman–Crippen MR) is 70.1 cm³/mol. The zero-order chi connectivity index (χ0) is 12.8. The van der Waals surface area contributed by atoms with Crippen LogP contribution in [-0.2, 0) is 11.3 Å². The maximum Gasteiger partial charge on any atom is 0.123 e. The van der Waals surface area contributed by atoms with Gasteiger partial charge in [0.2, 0.25) is 0 Å². The summed E-state index contributed by atoms with van der Waals surface area (Å²) in [4.78, 5) is 0. The molecule has 0 radical (unpaired) electrons. The van der Waals surface area contributed by atoms with E-state index >= 15 is 0 Å². The molecule has 0 bridgehead atoms. The molecule has 18 heavy (non-hydrogen) atoms. The molecule has 1 aliphatic rings. The Morgan fingerprint density at radius 1 is 1.39 bits per heavy atom. The van der Waals surface area contributed by atoms with Crippen LogP contribution < -0.4 is 0 Å². The summed E-state index contributed by atoms with van der Waals surface area (Å²) in [6.07, 6.45) is 4.47. The highest BCUT2D eigenvalue weighted by Gasteiger charge is 2.31. The number of halogens is 1. The van der Waals surface area contributed by atoms with Crippen molar-refractivity contribution in [3.63, 3.8) is 0 Å². The Hall–Kier alpha value is -1.35. The van der Waals surface area contributed by atoms with E-state index in [2.05, 4.69) is 18.4 Å². The Bertz CT molecular complexity index is 573. The van der Waals surface area contributed by atoms with Crippen molar-refractivity contribution in [1.29, 1.82) is 0 Å². The molecule has 0 N–H and O–H groups in total. The standard InChI is InChI=1S/C15H18FNO/c1-15(2)7-5-13(18-15)10-17-8-6-11-9-12(16)3-4-14(11)17/h3-4,6,8-9,13H,5,7,10H2,1-2H3. The quantitative estimate of drug-likeness (QED) is 0.788. The number of fused-ring (bicyclic) bond motifs is 1. The number of hydrogen-bond donors (Lipinski definition) is 0. The maximum absolute atomic E-state index is 13.1. The molecule has 3 rings (SSSR count). The second-order valence-electron chi connectivity index (χ2n) is 5.71. The van der Waals surface area contributed by atoms with Gasteiger partial charge in [-0.05, 0) is 51.0 Å². The molecular formula is C15H18FNO. The number of nitrogens with zero attached hydrogens (tertiary/aromatic N) is 1. The highest BCUT2D eigenvalue weighted by Crippen LogP contribution is 2.30. The largest absolute Gasteiger partial charge is 0.370 e. The predicted octanol–water partition coefficient (Wildman–Crippen LogP) is 3.74. The molecule has 2 nitrogen and oxygen atoms in total. The molecule has 0 spiro atoms. The summed E-state index contributed by atoms with van der Waals surface area (Å²) in [6, 6.07) is 6.88. The van der Waals surface area contributed by atoms with E-state index in [1.807, 2.05) is 18.3 Å². The third kappa shape index (κ3) is 2.15. The Morgan fingerprint density at radius 3 is 2.94 bits per heavy atom. The molecule has 2 heterocycles. The average molecular weight is 247 g/mol. The van der Waals surface area contributed by atoms with Gasteiger partial charge < -0.3 is 9.30 Å². The van der Waals surface area contributed by atoms with Crippen LogP contribution in [-0.4, -0.2) is 16.3 Å². The maximum atomic E-state index is 13.1. The smallest absolute Gasteiger partial charge is 0.123 e. The molecule has 1 atom stereocenters. The lowest BCUT2D eigenvalue weighted by atomic mass is 10.1. The van der Waals surface area contributed by atoms with Gasteiger partial charge in [-0.2, -0.15) is 0 Å². The Morgan fingerprint density at radius 2 is 2.22 bits per heavy atom. The number of aromatic nitrogens is 1. The highest BCUT2D eigenvalue weighted by molar-refractivity contribution is 5.80. The first kappa shape index (κ1) is 11.7. The van der Waals surface area contributed by atoms with Gasteiger partial charge in [-0.3, -0.25) is 0 Å². The van der Waals surface area contributed by atoms with Crippen molar-refractivity contribution in [2.45, 2.75) is 44.9 Å². The second-order valence-corrected chi connectivity index (χ2v) is 5.71. The van der Waals surface area contributed by atoms with E-state index < -0.39 is 0 Å². The SMILES string of the molecule is CC1(C)CCC(Cn2ccc3cc(F)ccc32)O1. The first-order valence-corrected chi connectivity index (χ1v) is 6.46. The molecular weight excluding hydrogens is 229 g/mol. The lowest BCUT2D eigenvalue weighted by molar-refractivity contribution is -0.0212. The van der Waals surface area contributed by atoms with Crippen molar-refractivity contribution in [1.82, 2.24) is 4.57 Å². The number of rotatable bonds is 2. The van der Waals surface area contributed by atoms with Crippen LogP contribution in [0.25, 0.3) is 10.9 Å². The van der Waals surface area contributed by atoms with Crippen molar-refractivity contribution in [3.05, 3.63) is 36.3 Å². The summed E-state index contributed by atoms with van der Waals surface area (Å²) < 4.78 is 21.3. The molecule has 0 aliphatic carbocycles. The van der Waals surface area contributed by atoms with E-state index in [-0.39, 0.29) is 17.5 Å².